The Labute approximate surface area is 183 Å². The van der Waals surface area contributed by atoms with E-state index in [1.807, 2.05) is 0 Å². The molecule has 2 heterocycles. The maximum Gasteiger partial charge on any atom is 0.416 e. The number of allylic oxidation sites excluding steroid dienone is 4. The first-order chi connectivity index (χ1) is 15.6. The highest BCUT2D eigenvalue weighted by Crippen LogP contribution is 2.46. The molecular formula is C23H16F6N2O2. The van der Waals surface area contributed by atoms with Gasteiger partial charge in [-0.2, -0.15) is 26.3 Å². The number of hydrogen-bond acceptors (Lipinski definition) is 4. The van der Waals surface area contributed by atoms with Crippen molar-refractivity contribution in [2.75, 3.05) is 0 Å². The average Bonchev–Trinajstić information content (AvgIpc) is 3.23. The van der Waals surface area contributed by atoms with Crippen molar-refractivity contribution in [3.8, 4) is 11.3 Å². The van der Waals surface area contributed by atoms with E-state index < -0.39 is 29.9 Å². The highest BCUT2D eigenvalue weighted by molar-refractivity contribution is 5.76. The molecule has 0 radical (unpaired) electrons. The van der Waals surface area contributed by atoms with E-state index in [2.05, 4.69) is 10.1 Å². The first-order valence-electron chi connectivity index (χ1n) is 9.76. The molecule has 4 nitrogen and oxygen atoms in total. The zero-order chi connectivity index (χ0) is 23.8. The van der Waals surface area contributed by atoms with Crippen molar-refractivity contribution in [3.63, 3.8) is 0 Å². The molecule has 2 unspecified atom stereocenters. The van der Waals surface area contributed by atoms with Gasteiger partial charge in [-0.1, -0.05) is 41.6 Å². The smallest absolute Gasteiger partial charge is 0.383 e. The summed E-state index contributed by atoms with van der Waals surface area (Å²) in [5.74, 6) is -2.27. The zero-order valence-corrected chi connectivity index (χ0v) is 16.7. The van der Waals surface area contributed by atoms with Gasteiger partial charge in [-0.15, -0.1) is 0 Å². The average molecular weight is 466 g/mol. The fourth-order valence-electron chi connectivity index (χ4n) is 3.69. The van der Waals surface area contributed by atoms with Gasteiger partial charge in [0.2, 0.25) is 0 Å². The lowest BCUT2D eigenvalue weighted by molar-refractivity contribution is -0.157. The Morgan fingerprint density at radius 1 is 1.06 bits per heavy atom. The van der Waals surface area contributed by atoms with Crippen molar-refractivity contribution >= 4 is 5.57 Å². The van der Waals surface area contributed by atoms with Crippen LogP contribution in [0.1, 0.15) is 35.0 Å². The fourth-order valence-corrected chi connectivity index (χ4v) is 3.69. The minimum absolute atomic E-state index is 0.0618. The predicted molar refractivity (Wildman–Crippen MR) is 107 cm³/mol. The molecule has 10 heteroatoms. The molecule has 2 aromatic heterocycles. The van der Waals surface area contributed by atoms with Crippen molar-refractivity contribution in [2.45, 2.75) is 24.9 Å². The van der Waals surface area contributed by atoms with Crippen molar-refractivity contribution in [1.29, 1.82) is 0 Å². The maximum absolute atomic E-state index is 13.7. The van der Waals surface area contributed by atoms with Crippen molar-refractivity contribution in [1.82, 2.24) is 10.1 Å². The Morgan fingerprint density at radius 3 is 2.52 bits per heavy atom. The molecule has 1 aromatic carbocycles. The van der Waals surface area contributed by atoms with Crippen LogP contribution in [-0.4, -0.2) is 21.4 Å². The molecule has 1 aliphatic rings. The number of benzene rings is 1. The molecule has 4 rings (SSSR count). The van der Waals surface area contributed by atoms with Crippen molar-refractivity contribution in [3.05, 3.63) is 89.5 Å². The van der Waals surface area contributed by atoms with Gasteiger partial charge < -0.3 is 9.63 Å². The Balaban J connectivity index is 1.92. The standard InChI is InChI=1S/C23H16F6N2O2/c24-22(25,26)15-7-3-5-13(11-15)19-18(20(32)14-6-4-10-30-12-14)21(33-31-19)16-8-1-2-9-17(16)23(27,28)29/h1-8,10-12,17,20,32H,9H2. The van der Waals surface area contributed by atoms with Gasteiger partial charge in [-0.25, -0.2) is 0 Å². The second-order valence-electron chi connectivity index (χ2n) is 7.42. The molecule has 0 saturated carbocycles. The summed E-state index contributed by atoms with van der Waals surface area (Å²) in [7, 11) is 0. The number of aliphatic hydroxyl groups excluding tert-OH is 1. The quantitative estimate of drug-likeness (QED) is 0.455. The van der Waals surface area contributed by atoms with Crippen LogP contribution in [-0.2, 0) is 6.18 Å². The van der Waals surface area contributed by atoms with Crippen LogP contribution in [0.25, 0.3) is 16.8 Å². The van der Waals surface area contributed by atoms with E-state index in [4.69, 9.17) is 4.52 Å². The number of halogens is 6. The molecule has 172 valence electrons. The predicted octanol–water partition coefficient (Wildman–Crippen LogP) is 6.36. The summed E-state index contributed by atoms with van der Waals surface area (Å²) in [5, 5.41) is 14.9. The summed E-state index contributed by atoms with van der Waals surface area (Å²) in [6, 6.07) is 7.12. The van der Waals surface area contributed by atoms with Gasteiger partial charge >= 0.3 is 12.4 Å². The lowest BCUT2D eigenvalue weighted by Gasteiger charge is -2.24. The van der Waals surface area contributed by atoms with Crippen LogP contribution in [0.5, 0.6) is 0 Å². The monoisotopic (exact) mass is 466 g/mol. The second kappa shape index (κ2) is 8.51. The van der Waals surface area contributed by atoms with Crippen molar-refractivity contribution < 1.29 is 36.0 Å². The van der Waals surface area contributed by atoms with E-state index in [0.717, 1.165) is 18.2 Å². The lowest BCUT2D eigenvalue weighted by atomic mass is 9.85. The number of aromatic nitrogens is 2. The van der Waals surface area contributed by atoms with E-state index in [-0.39, 0.29) is 40.1 Å². The summed E-state index contributed by atoms with van der Waals surface area (Å²) in [4.78, 5) is 3.90. The second-order valence-corrected chi connectivity index (χ2v) is 7.42. The minimum Gasteiger partial charge on any atom is -0.383 e. The summed E-state index contributed by atoms with van der Waals surface area (Å²) in [5.41, 5.74) is -1.45. The topological polar surface area (TPSA) is 59.2 Å². The number of rotatable bonds is 4. The molecule has 0 aliphatic heterocycles. The third-order valence-electron chi connectivity index (χ3n) is 5.28. The summed E-state index contributed by atoms with van der Waals surface area (Å²) >= 11 is 0. The molecule has 33 heavy (non-hydrogen) atoms. The molecule has 1 N–H and O–H groups in total. The summed E-state index contributed by atoms with van der Waals surface area (Å²) < 4.78 is 86.1. The number of alkyl halides is 6. The highest BCUT2D eigenvalue weighted by atomic mass is 19.4. The molecule has 0 saturated heterocycles. The number of hydrogen-bond donors (Lipinski definition) is 1. The summed E-state index contributed by atoms with van der Waals surface area (Å²) in [6.07, 6.45) is -4.45. The van der Waals surface area contributed by atoms with Crippen LogP contribution in [0, 0.1) is 5.92 Å². The van der Waals surface area contributed by atoms with Gasteiger partial charge in [0.25, 0.3) is 0 Å². The van der Waals surface area contributed by atoms with Crippen LogP contribution in [0.3, 0.4) is 0 Å². The Kier molecular flexibility index (Phi) is 5.87. The van der Waals surface area contributed by atoms with Crippen molar-refractivity contribution in [2.24, 2.45) is 5.92 Å². The van der Waals surface area contributed by atoms with Crippen LogP contribution >= 0.6 is 0 Å². The summed E-state index contributed by atoms with van der Waals surface area (Å²) in [6.45, 7) is 0. The Morgan fingerprint density at radius 2 is 1.85 bits per heavy atom. The first-order valence-corrected chi connectivity index (χ1v) is 9.76. The normalized spacial score (nSPS) is 17.7. The van der Waals surface area contributed by atoms with E-state index in [0.29, 0.717) is 0 Å². The zero-order valence-electron chi connectivity index (χ0n) is 16.7. The first kappa shape index (κ1) is 22.8. The third-order valence-corrected chi connectivity index (χ3v) is 5.28. The van der Waals surface area contributed by atoms with Crippen LogP contribution in [0.2, 0.25) is 0 Å². The van der Waals surface area contributed by atoms with Gasteiger partial charge in [0.15, 0.2) is 5.76 Å². The van der Waals surface area contributed by atoms with E-state index in [1.54, 1.807) is 0 Å². The van der Waals surface area contributed by atoms with E-state index in [1.165, 1.54) is 48.8 Å². The molecule has 3 aromatic rings. The number of pyridine rings is 1. The van der Waals surface area contributed by atoms with Gasteiger partial charge in [0, 0.05) is 29.1 Å². The third kappa shape index (κ3) is 4.56. The SMILES string of the molecule is OC(c1cccnc1)c1c(-c2cccc(C(F)(F)F)c2)noc1C1=CC=CCC1C(F)(F)F. The minimum atomic E-state index is -4.65. The van der Waals surface area contributed by atoms with E-state index >= 15 is 0 Å². The van der Waals surface area contributed by atoms with Gasteiger partial charge in [0.05, 0.1) is 17.0 Å². The molecule has 0 fully saturated rings. The largest absolute Gasteiger partial charge is 0.416 e. The van der Waals surface area contributed by atoms with Gasteiger partial charge in [-0.3, -0.25) is 4.98 Å². The lowest BCUT2D eigenvalue weighted by Crippen LogP contribution is -2.25. The maximum atomic E-state index is 13.7. The molecule has 0 spiro atoms. The molecule has 2 atom stereocenters. The Bertz CT molecular complexity index is 1200. The Hall–Kier alpha value is -3.40. The molecule has 0 amide bonds. The molecular weight excluding hydrogens is 450 g/mol. The van der Waals surface area contributed by atoms with Crippen LogP contribution in [0.4, 0.5) is 26.3 Å². The number of nitrogens with zero attached hydrogens (tertiary/aromatic N) is 2. The van der Waals surface area contributed by atoms with Crippen LogP contribution in [0.15, 0.2) is 71.5 Å². The van der Waals surface area contributed by atoms with Crippen LogP contribution < -0.4 is 0 Å². The van der Waals surface area contributed by atoms with Gasteiger partial charge in [0.1, 0.15) is 11.8 Å². The molecule has 0 bridgehead atoms. The fraction of sp³-hybridized carbons (Fsp3) is 0.217. The van der Waals surface area contributed by atoms with E-state index in [9.17, 15) is 31.4 Å². The number of aliphatic hydroxyl groups is 1. The highest BCUT2D eigenvalue weighted by Gasteiger charge is 2.45. The van der Waals surface area contributed by atoms with Gasteiger partial charge in [-0.05, 0) is 24.6 Å². The molecule has 1 aliphatic carbocycles.